The van der Waals surface area contributed by atoms with Crippen LogP contribution in [-0.4, -0.2) is 47.8 Å². The Balaban J connectivity index is 2.25. The number of rotatable bonds is 5. The molecule has 0 unspecified atom stereocenters. The highest BCUT2D eigenvalue weighted by molar-refractivity contribution is 5.93. The summed E-state index contributed by atoms with van der Waals surface area (Å²) in [5.74, 6) is -0.0538. The average Bonchev–Trinajstić information content (AvgIpc) is 2.59. The number of aryl methyl sites for hydroxylation is 1. The van der Waals surface area contributed by atoms with E-state index in [1.165, 1.54) is 0 Å². The molecule has 0 aliphatic heterocycles. The molecule has 1 N–H and O–H groups in total. The molecule has 0 spiro atoms. The van der Waals surface area contributed by atoms with E-state index in [0.29, 0.717) is 12.1 Å². The standard InChI is InChI=1S/C10H18N4O/c1-13(2)6-4-5-11-10(15)9-7-12-14(3)8-9/h7-8H,4-6H2,1-3H3,(H,11,15). The third-order valence-electron chi connectivity index (χ3n) is 2.03. The normalized spacial score (nSPS) is 10.7. The molecule has 0 radical (unpaired) electrons. The summed E-state index contributed by atoms with van der Waals surface area (Å²) in [5, 5.41) is 6.79. The van der Waals surface area contributed by atoms with Gasteiger partial charge in [0.1, 0.15) is 0 Å². The van der Waals surface area contributed by atoms with Crippen molar-refractivity contribution >= 4 is 5.91 Å². The first-order valence-corrected chi connectivity index (χ1v) is 5.01. The monoisotopic (exact) mass is 210 g/mol. The smallest absolute Gasteiger partial charge is 0.254 e. The molecule has 1 heterocycles. The maximum absolute atomic E-state index is 11.5. The first kappa shape index (κ1) is 11.7. The molecule has 0 saturated heterocycles. The van der Waals surface area contributed by atoms with Crippen LogP contribution in [0.3, 0.4) is 0 Å². The van der Waals surface area contributed by atoms with Crippen LogP contribution in [0, 0.1) is 0 Å². The number of amides is 1. The Labute approximate surface area is 90.1 Å². The van der Waals surface area contributed by atoms with Gasteiger partial charge >= 0.3 is 0 Å². The molecule has 15 heavy (non-hydrogen) atoms. The summed E-state index contributed by atoms with van der Waals surface area (Å²) in [4.78, 5) is 13.6. The Bertz CT molecular complexity index is 319. The van der Waals surface area contributed by atoms with Crippen LogP contribution in [0.1, 0.15) is 16.8 Å². The van der Waals surface area contributed by atoms with E-state index in [-0.39, 0.29) is 5.91 Å². The van der Waals surface area contributed by atoms with Crippen LogP contribution in [0.2, 0.25) is 0 Å². The van der Waals surface area contributed by atoms with E-state index >= 15 is 0 Å². The summed E-state index contributed by atoms with van der Waals surface area (Å²) in [5.41, 5.74) is 0.613. The molecule has 1 aromatic rings. The van der Waals surface area contributed by atoms with Crippen molar-refractivity contribution in [3.8, 4) is 0 Å². The summed E-state index contributed by atoms with van der Waals surface area (Å²) in [6.07, 6.45) is 4.24. The van der Waals surface area contributed by atoms with Crippen LogP contribution >= 0.6 is 0 Å². The van der Waals surface area contributed by atoms with E-state index in [0.717, 1.165) is 13.0 Å². The van der Waals surface area contributed by atoms with Crippen LogP contribution in [0.4, 0.5) is 0 Å². The lowest BCUT2D eigenvalue weighted by atomic mass is 10.3. The molecular weight excluding hydrogens is 192 g/mol. The highest BCUT2D eigenvalue weighted by Gasteiger charge is 2.06. The Kier molecular flexibility index (Phi) is 4.30. The zero-order valence-corrected chi connectivity index (χ0v) is 9.53. The summed E-state index contributed by atoms with van der Waals surface area (Å²) in [7, 11) is 5.83. The Morgan fingerprint density at radius 1 is 1.60 bits per heavy atom. The van der Waals surface area contributed by atoms with E-state index in [1.54, 1.807) is 24.1 Å². The van der Waals surface area contributed by atoms with E-state index in [1.807, 2.05) is 14.1 Å². The molecule has 5 heteroatoms. The highest BCUT2D eigenvalue weighted by Crippen LogP contribution is 1.95. The molecule has 0 aliphatic carbocycles. The van der Waals surface area contributed by atoms with Gasteiger partial charge in [0.05, 0.1) is 11.8 Å². The minimum atomic E-state index is -0.0538. The Morgan fingerprint density at radius 3 is 2.87 bits per heavy atom. The number of aromatic nitrogens is 2. The van der Waals surface area contributed by atoms with Crippen molar-refractivity contribution in [1.82, 2.24) is 20.0 Å². The van der Waals surface area contributed by atoms with E-state index in [9.17, 15) is 4.79 Å². The largest absolute Gasteiger partial charge is 0.352 e. The molecule has 0 atom stereocenters. The van der Waals surface area contributed by atoms with Crippen LogP contribution in [0.15, 0.2) is 12.4 Å². The van der Waals surface area contributed by atoms with Gasteiger partial charge in [0, 0.05) is 19.8 Å². The predicted molar refractivity (Wildman–Crippen MR) is 58.7 cm³/mol. The first-order chi connectivity index (χ1) is 7.09. The second-order valence-electron chi connectivity index (χ2n) is 3.82. The van der Waals surface area contributed by atoms with Crippen molar-refractivity contribution < 1.29 is 4.79 Å². The molecule has 0 aliphatic rings. The van der Waals surface area contributed by atoms with Crippen LogP contribution < -0.4 is 5.32 Å². The molecule has 1 aromatic heterocycles. The number of nitrogens with one attached hydrogen (secondary N) is 1. The Hall–Kier alpha value is -1.36. The summed E-state index contributed by atoms with van der Waals surface area (Å²) >= 11 is 0. The molecular formula is C10H18N4O. The second kappa shape index (κ2) is 5.50. The van der Waals surface area contributed by atoms with Gasteiger partial charge in [0.15, 0.2) is 0 Å². The number of hydrogen-bond acceptors (Lipinski definition) is 3. The van der Waals surface area contributed by atoms with Gasteiger partial charge in [0.25, 0.3) is 5.91 Å². The van der Waals surface area contributed by atoms with Crippen molar-refractivity contribution in [2.45, 2.75) is 6.42 Å². The summed E-state index contributed by atoms with van der Waals surface area (Å²) in [6.45, 7) is 1.68. The van der Waals surface area contributed by atoms with Crippen molar-refractivity contribution in [2.24, 2.45) is 7.05 Å². The third-order valence-corrected chi connectivity index (χ3v) is 2.03. The van der Waals surface area contributed by atoms with E-state index in [4.69, 9.17) is 0 Å². The molecule has 0 aromatic carbocycles. The molecule has 1 rings (SSSR count). The lowest BCUT2D eigenvalue weighted by molar-refractivity contribution is 0.0952. The van der Waals surface area contributed by atoms with E-state index < -0.39 is 0 Å². The van der Waals surface area contributed by atoms with Gasteiger partial charge in [-0.05, 0) is 27.1 Å². The SMILES string of the molecule is CN(C)CCCNC(=O)c1cnn(C)c1. The molecule has 1 amide bonds. The predicted octanol–water partition coefficient (Wildman–Crippen LogP) is 0.102. The fourth-order valence-electron chi connectivity index (χ4n) is 1.24. The Morgan fingerprint density at radius 2 is 2.33 bits per heavy atom. The number of hydrogen-bond donors (Lipinski definition) is 1. The molecule has 5 nitrogen and oxygen atoms in total. The van der Waals surface area contributed by atoms with Gasteiger partial charge in [-0.3, -0.25) is 9.48 Å². The topological polar surface area (TPSA) is 50.2 Å². The first-order valence-electron chi connectivity index (χ1n) is 5.01. The molecule has 0 fully saturated rings. The van der Waals surface area contributed by atoms with Gasteiger partial charge in [-0.25, -0.2) is 0 Å². The third kappa shape index (κ3) is 4.12. The maximum atomic E-state index is 11.5. The van der Waals surface area contributed by atoms with Crippen LogP contribution in [-0.2, 0) is 7.05 Å². The fourth-order valence-corrected chi connectivity index (χ4v) is 1.24. The lowest BCUT2D eigenvalue weighted by Gasteiger charge is -2.09. The van der Waals surface area contributed by atoms with Gasteiger partial charge < -0.3 is 10.2 Å². The van der Waals surface area contributed by atoms with Crippen molar-refractivity contribution in [1.29, 1.82) is 0 Å². The zero-order valence-electron chi connectivity index (χ0n) is 9.53. The van der Waals surface area contributed by atoms with E-state index in [2.05, 4.69) is 15.3 Å². The van der Waals surface area contributed by atoms with Gasteiger partial charge in [-0.15, -0.1) is 0 Å². The summed E-state index contributed by atoms with van der Waals surface area (Å²) < 4.78 is 1.62. The minimum absolute atomic E-state index is 0.0538. The van der Waals surface area contributed by atoms with Gasteiger partial charge in [-0.1, -0.05) is 0 Å². The number of carbonyl (C=O) groups excluding carboxylic acids is 1. The molecule has 84 valence electrons. The maximum Gasteiger partial charge on any atom is 0.254 e. The summed E-state index contributed by atoms with van der Waals surface area (Å²) in [6, 6.07) is 0. The molecule has 0 saturated carbocycles. The lowest BCUT2D eigenvalue weighted by Crippen LogP contribution is -2.26. The minimum Gasteiger partial charge on any atom is -0.352 e. The quantitative estimate of drug-likeness (QED) is 0.701. The van der Waals surface area contributed by atoms with Gasteiger partial charge in [-0.2, -0.15) is 5.10 Å². The number of nitrogens with zero attached hydrogens (tertiary/aromatic N) is 3. The van der Waals surface area contributed by atoms with Crippen LogP contribution in [0.5, 0.6) is 0 Å². The number of carbonyl (C=O) groups is 1. The average molecular weight is 210 g/mol. The fraction of sp³-hybridized carbons (Fsp3) is 0.600. The van der Waals surface area contributed by atoms with Gasteiger partial charge in [0.2, 0.25) is 0 Å². The second-order valence-corrected chi connectivity index (χ2v) is 3.82. The van der Waals surface area contributed by atoms with Crippen molar-refractivity contribution in [3.05, 3.63) is 18.0 Å². The van der Waals surface area contributed by atoms with Crippen LogP contribution in [0.25, 0.3) is 0 Å². The molecule has 0 bridgehead atoms. The zero-order chi connectivity index (χ0) is 11.3. The van der Waals surface area contributed by atoms with Crippen molar-refractivity contribution in [2.75, 3.05) is 27.2 Å². The highest BCUT2D eigenvalue weighted by atomic mass is 16.1. The van der Waals surface area contributed by atoms with Crippen molar-refractivity contribution in [3.63, 3.8) is 0 Å².